The van der Waals surface area contributed by atoms with E-state index in [-0.39, 0.29) is 0 Å². The number of imide groups is 1. The van der Waals surface area contributed by atoms with Gasteiger partial charge >= 0.3 is 6.09 Å². The smallest absolute Gasteiger partial charge is 0.417 e. The Morgan fingerprint density at radius 1 is 1.35 bits per heavy atom. The first-order valence-corrected chi connectivity index (χ1v) is 5.28. The number of carbonyl (C=O) groups excluding carboxylic acids is 2. The molecule has 91 valence electrons. The molecule has 0 heterocycles. The molecule has 17 heavy (non-hydrogen) atoms. The highest BCUT2D eigenvalue weighted by atomic mass is 16.6. The predicted octanol–water partition coefficient (Wildman–Crippen LogP) is 2.49. The number of amides is 2. The maximum atomic E-state index is 11.9. The molecule has 0 aliphatic heterocycles. The molecule has 2 amide bonds. The van der Waals surface area contributed by atoms with Crippen molar-refractivity contribution >= 4 is 12.0 Å². The van der Waals surface area contributed by atoms with E-state index >= 15 is 0 Å². The van der Waals surface area contributed by atoms with Crippen molar-refractivity contribution in [2.45, 2.75) is 26.4 Å². The highest BCUT2D eigenvalue weighted by Crippen LogP contribution is 2.11. The summed E-state index contributed by atoms with van der Waals surface area (Å²) in [5.74, 6) is -0.406. The number of carbonyl (C=O) groups is 2. The van der Waals surface area contributed by atoms with Crippen LogP contribution in [0.25, 0.3) is 0 Å². The second kappa shape index (κ2) is 4.99. The molecule has 0 fully saturated rings. The molecular weight excluding hydrogens is 218 g/mol. The molecule has 0 aliphatic rings. The lowest BCUT2D eigenvalue weighted by Gasteiger charge is -2.23. The minimum absolute atomic E-state index is 0.404. The minimum Gasteiger partial charge on any atom is -0.443 e. The zero-order chi connectivity index (χ0) is 13.1. The Labute approximate surface area is 101 Å². The summed E-state index contributed by atoms with van der Waals surface area (Å²) < 4.78 is 5.10. The fraction of sp³-hybridized carbons (Fsp3) is 0.385. The van der Waals surface area contributed by atoms with Crippen molar-refractivity contribution in [1.29, 1.82) is 0 Å². The van der Waals surface area contributed by atoms with Crippen LogP contribution in [-0.2, 0) is 4.74 Å². The van der Waals surface area contributed by atoms with Gasteiger partial charge in [-0.15, -0.1) is 0 Å². The molecule has 0 N–H and O–H groups in total. The van der Waals surface area contributed by atoms with Gasteiger partial charge in [0.2, 0.25) is 0 Å². The number of nitrogens with zero attached hydrogens (tertiary/aromatic N) is 1. The van der Waals surface area contributed by atoms with Crippen molar-refractivity contribution < 1.29 is 14.3 Å². The summed E-state index contributed by atoms with van der Waals surface area (Å²) in [6.07, 6.45) is -0.661. The fourth-order valence-electron chi connectivity index (χ4n) is 1.13. The van der Waals surface area contributed by atoms with E-state index in [1.54, 1.807) is 39.0 Å². The highest BCUT2D eigenvalue weighted by Gasteiger charge is 2.24. The zero-order valence-electron chi connectivity index (χ0n) is 10.5. The van der Waals surface area contributed by atoms with Gasteiger partial charge < -0.3 is 4.74 Å². The molecule has 1 aromatic rings. The second-order valence-electron chi connectivity index (χ2n) is 4.64. The summed E-state index contributed by atoms with van der Waals surface area (Å²) >= 11 is 0. The van der Waals surface area contributed by atoms with Gasteiger partial charge in [-0.05, 0) is 39.0 Å². The lowest BCUT2D eigenvalue weighted by molar-refractivity contribution is 0.0285. The maximum absolute atomic E-state index is 11.9. The summed E-state index contributed by atoms with van der Waals surface area (Å²) in [5, 5.41) is 0. The van der Waals surface area contributed by atoms with E-state index in [1.165, 1.54) is 13.1 Å². The van der Waals surface area contributed by atoms with Gasteiger partial charge in [0.05, 0.1) is 0 Å². The van der Waals surface area contributed by atoms with Crippen LogP contribution in [0.4, 0.5) is 4.79 Å². The van der Waals surface area contributed by atoms with Gasteiger partial charge in [0.1, 0.15) is 5.60 Å². The molecule has 0 saturated heterocycles. The quantitative estimate of drug-likeness (QED) is 0.750. The third-order valence-electron chi connectivity index (χ3n) is 1.93. The van der Waals surface area contributed by atoms with Crippen LogP contribution in [0, 0.1) is 6.07 Å². The third-order valence-corrected chi connectivity index (χ3v) is 1.93. The molecule has 4 heteroatoms. The SMILES string of the molecule is CN(C(=O)OC(C)(C)C)C(=O)c1c[c]ccc1. The molecule has 0 aliphatic carbocycles. The number of rotatable bonds is 1. The van der Waals surface area contributed by atoms with Crippen molar-refractivity contribution in [3.8, 4) is 0 Å². The van der Waals surface area contributed by atoms with E-state index in [0.717, 1.165) is 4.90 Å². The van der Waals surface area contributed by atoms with Gasteiger partial charge in [-0.3, -0.25) is 4.79 Å². The summed E-state index contributed by atoms with van der Waals surface area (Å²) in [5.41, 5.74) is -0.213. The number of ether oxygens (including phenoxy) is 1. The zero-order valence-corrected chi connectivity index (χ0v) is 10.5. The molecule has 1 aromatic carbocycles. The van der Waals surface area contributed by atoms with Crippen LogP contribution >= 0.6 is 0 Å². The molecule has 1 rings (SSSR count). The Balaban J connectivity index is 2.74. The van der Waals surface area contributed by atoms with Gasteiger partial charge in [-0.2, -0.15) is 0 Å². The standard InChI is InChI=1S/C13H16NO3/c1-13(2,3)17-12(16)14(4)11(15)10-8-6-5-7-9-10/h5-6,8-9H,1-4H3. The Morgan fingerprint density at radius 3 is 2.47 bits per heavy atom. The van der Waals surface area contributed by atoms with Crippen LogP contribution in [0.2, 0.25) is 0 Å². The Kier molecular flexibility index (Phi) is 3.89. The number of hydrogen-bond acceptors (Lipinski definition) is 3. The molecule has 0 spiro atoms. The molecule has 0 bridgehead atoms. The summed E-state index contributed by atoms with van der Waals surface area (Å²) in [6.45, 7) is 5.25. The van der Waals surface area contributed by atoms with E-state index < -0.39 is 17.6 Å². The van der Waals surface area contributed by atoms with Crippen molar-refractivity contribution in [2.24, 2.45) is 0 Å². The maximum Gasteiger partial charge on any atom is 0.417 e. The largest absolute Gasteiger partial charge is 0.443 e. The molecule has 0 saturated carbocycles. The van der Waals surface area contributed by atoms with E-state index in [0.29, 0.717) is 5.56 Å². The first-order chi connectivity index (χ1) is 7.81. The Bertz CT molecular complexity index is 406. The first kappa shape index (κ1) is 13.2. The topological polar surface area (TPSA) is 46.6 Å². The molecule has 1 radical (unpaired) electrons. The molecule has 0 atom stereocenters. The summed E-state index contributed by atoms with van der Waals surface area (Å²) in [7, 11) is 1.39. The van der Waals surface area contributed by atoms with Crippen LogP contribution in [0.1, 0.15) is 31.1 Å². The molecule has 0 aromatic heterocycles. The monoisotopic (exact) mass is 234 g/mol. The van der Waals surface area contributed by atoms with Crippen LogP contribution in [-0.4, -0.2) is 29.5 Å². The molecule has 4 nitrogen and oxygen atoms in total. The Hall–Kier alpha value is -1.84. The van der Waals surface area contributed by atoms with Crippen molar-refractivity contribution in [1.82, 2.24) is 4.90 Å². The van der Waals surface area contributed by atoms with Gasteiger partial charge in [-0.25, -0.2) is 9.69 Å². The van der Waals surface area contributed by atoms with Crippen LogP contribution in [0.5, 0.6) is 0 Å². The normalized spacial score (nSPS) is 10.8. The van der Waals surface area contributed by atoms with Gasteiger partial charge in [0.25, 0.3) is 5.91 Å². The second-order valence-corrected chi connectivity index (χ2v) is 4.64. The fourth-order valence-corrected chi connectivity index (χ4v) is 1.13. The van der Waals surface area contributed by atoms with Crippen LogP contribution < -0.4 is 0 Å². The third kappa shape index (κ3) is 3.90. The first-order valence-electron chi connectivity index (χ1n) is 5.28. The van der Waals surface area contributed by atoms with Crippen LogP contribution in [0.3, 0.4) is 0 Å². The molecule has 0 unspecified atom stereocenters. The van der Waals surface area contributed by atoms with Crippen LogP contribution in [0.15, 0.2) is 24.3 Å². The average Bonchev–Trinajstić information content (AvgIpc) is 2.26. The number of benzene rings is 1. The summed E-state index contributed by atoms with van der Waals surface area (Å²) in [6, 6.07) is 9.32. The van der Waals surface area contributed by atoms with E-state index in [9.17, 15) is 9.59 Å². The average molecular weight is 234 g/mol. The van der Waals surface area contributed by atoms with Crippen molar-refractivity contribution in [3.63, 3.8) is 0 Å². The van der Waals surface area contributed by atoms with Crippen molar-refractivity contribution in [2.75, 3.05) is 7.05 Å². The van der Waals surface area contributed by atoms with Crippen molar-refractivity contribution in [3.05, 3.63) is 35.9 Å². The van der Waals surface area contributed by atoms with Gasteiger partial charge in [0, 0.05) is 12.6 Å². The van der Waals surface area contributed by atoms with E-state index in [1.807, 2.05) is 0 Å². The van der Waals surface area contributed by atoms with E-state index in [4.69, 9.17) is 4.74 Å². The lowest BCUT2D eigenvalue weighted by Crippen LogP contribution is -2.38. The molecular formula is C13H16NO3. The van der Waals surface area contributed by atoms with E-state index in [2.05, 4.69) is 6.07 Å². The number of hydrogen-bond donors (Lipinski definition) is 0. The van der Waals surface area contributed by atoms with Gasteiger partial charge in [0.15, 0.2) is 0 Å². The summed E-state index contributed by atoms with van der Waals surface area (Å²) in [4.78, 5) is 24.5. The minimum atomic E-state index is -0.661. The Morgan fingerprint density at radius 2 is 2.00 bits per heavy atom. The predicted molar refractivity (Wildman–Crippen MR) is 63.6 cm³/mol. The lowest BCUT2D eigenvalue weighted by atomic mass is 10.2. The van der Waals surface area contributed by atoms with Gasteiger partial charge in [-0.1, -0.05) is 12.1 Å². The highest BCUT2D eigenvalue weighted by molar-refractivity contribution is 6.02.